The Morgan fingerprint density at radius 2 is 1.96 bits per heavy atom. The Hall–Kier alpha value is -1.81. The van der Waals surface area contributed by atoms with Crippen molar-refractivity contribution in [3.63, 3.8) is 0 Å². The fourth-order valence-corrected chi connectivity index (χ4v) is 4.41. The standard InChI is InChI=1S/C21H19Cl2NO2/c1-12(25)19-11-24(21(26)14-3-2-4-16(22)8-14)10-15-7-13-5-6-17(23)9-18(13)20(15)19/h2-6,8-9,12,19,25H,7,10-11H2,1H3. The minimum atomic E-state index is -0.556. The lowest BCUT2D eigenvalue weighted by Gasteiger charge is -2.36. The SMILES string of the molecule is CC(O)C1CN(C(=O)c2cccc(Cl)c2)CC2=C1c1cc(Cl)ccc1C2. The second-order valence-corrected chi connectivity index (χ2v) is 7.91. The summed E-state index contributed by atoms with van der Waals surface area (Å²) in [6.07, 6.45) is 0.240. The third kappa shape index (κ3) is 3.05. The van der Waals surface area contributed by atoms with Crippen LogP contribution in [0.15, 0.2) is 48.0 Å². The van der Waals surface area contributed by atoms with E-state index in [1.54, 1.807) is 31.2 Å². The first-order valence-electron chi connectivity index (χ1n) is 8.67. The lowest BCUT2D eigenvalue weighted by molar-refractivity contribution is 0.0677. The highest BCUT2D eigenvalue weighted by Gasteiger charge is 2.37. The van der Waals surface area contributed by atoms with Gasteiger partial charge < -0.3 is 10.0 Å². The van der Waals surface area contributed by atoms with Crippen LogP contribution in [0.25, 0.3) is 5.57 Å². The van der Waals surface area contributed by atoms with Gasteiger partial charge in [-0.15, -0.1) is 0 Å². The van der Waals surface area contributed by atoms with Crippen LogP contribution in [0.1, 0.15) is 28.4 Å². The number of benzene rings is 2. The first-order chi connectivity index (χ1) is 12.4. The molecule has 1 amide bonds. The smallest absolute Gasteiger partial charge is 0.254 e. The van der Waals surface area contributed by atoms with Gasteiger partial charge in [0.2, 0.25) is 0 Å². The Bertz CT molecular complexity index is 920. The Morgan fingerprint density at radius 3 is 2.69 bits per heavy atom. The van der Waals surface area contributed by atoms with Crippen molar-refractivity contribution in [1.82, 2.24) is 4.90 Å². The normalized spacial score (nSPS) is 20.0. The molecule has 0 aromatic heterocycles. The number of carbonyl (C=O) groups is 1. The molecule has 3 nitrogen and oxygen atoms in total. The zero-order chi connectivity index (χ0) is 18.4. The van der Waals surface area contributed by atoms with E-state index in [1.807, 2.05) is 23.1 Å². The maximum atomic E-state index is 13.0. The molecule has 5 heteroatoms. The lowest BCUT2D eigenvalue weighted by Crippen LogP contribution is -2.43. The number of carbonyl (C=O) groups excluding carboxylic acids is 1. The molecule has 1 N–H and O–H groups in total. The molecule has 2 unspecified atom stereocenters. The highest BCUT2D eigenvalue weighted by molar-refractivity contribution is 6.31. The highest BCUT2D eigenvalue weighted by atomic mass is 35.5. The second-order valence-electron chi connectivity index (χ2n) is 7.04. The van der Waals surface area contributed by atoms with Crippen LogP contribution >= 0.6 is 23.2 Å². The van der Waals surface area contributed by atoms with Gasteiger partial charge in [-0.05, 0) is 65.9 Å². The van der Waals surface area contributed by atoms with E-state index in [0.29, 0.717) is 28.7 Å². The highest BCUT2D eigenvalue weighted by Crippen LogP contribution is 2.43. The van der Waals surface area contributed by atoms with Crippen LogP contribution in [-0.2, 0) is 6.42 Å². The predicted molar refractivity (Wildman–Crippen MR) is 105 cm³/mol. The van der Waals surface area contributed by atoms with Gasteiger partial charge in [-0.1, -0.05) is 35.3 Å². The number of nitrogens with zero attached hydrogens (tertiary/aromatic N) is 1. The number of aliphatic hydroxyl groups is 1. The van der Waals surface area contributed by atoms with Gasteiger partial charge in [0.25, 0.3) is 5.91 Å². The zero-order valence-electron chi connectivity index (χ0n) is 14.4. The minimum Gasteiger partial charge on any atom is -0.393 e. The first-order valence-corrected chi connectivity index (χ1v) is 9.43. The molecule has 1 heterocycles. The number of halogens is 2. The van der Waals surface area contributed by atoms with Crippen LogP contribution in [-0.4, -0.2) is 35.1 Å². The second kappa shape index (κ2) is 6.73. The minimum absolute atomic E-state index is 0.0568. The largest absolute Gasteiger partial charge is 0.393 e. The molecule has 4 rings (SSSR count). The predicted octanol–water partition coefficient (Wildman–Crippen LogP) is 4.46. The topological polar surface area (TPSA) is 40.5 Å². The van der Waals surface area contributed by atoms with Gasteiger partial charge in [-0.25, -0.2) is 0 Å². The van der Waals surface area contributed by atoms with Gasteiger partial charge in [0.1, 0.15) is 0 Å². The summed E-state index contributed by atoms with van der Waals surface area (Å²) in [4.78, 5) is 14.8. The number of hydrogen-bond donors (Lipinski definition) is 1. The summed E-state index contributed by atoms with van der Waals surface area (Å²) in [5.74, 6) is -0.180. The maximum Gasteiger partial charge on any atom is 0.254 e. The fourth-order valence-electron chi connectivity index (χ4n) is 4.05. The number of rotatable bonds is 2. The number of aliphatic hydroxyl groups excluding tert-OH is 1. The summed E-state index contributed by atoms with van der Waals surface area (Å²) in [7, 11) is 0. The van der Waals surface area contributed by atoms with Crippen molar-refractivity contribution in [1.29, 1.82) is 0 Å². The van der Waals surface area contributed by atoms with Crippen LogP contribution in [0.5, 0.6) is 0 Å². The Labute approximate surface area is 162 Å². The van der Waals surface area contributed by atoms with Crippen molar-refractivity contribution >= 4 is 34.7 Å². The van der Waals surface area contributed by atoms with E-state index in [2.05, 4.69) is 0 Å². The quantitative estimate of drug-likeness (QED) is 0.826. The van der Waals surface area contributed by atoms with Gasteiger partial charge >= 0.3 is 0 Å². The van der Waals surface area contributed by atoms with Crippen molar-refractivity contribution in [3.8, 4) is 0 Å². The Morgan fingerprint density at radius 1 is 1.19 bits per heavy atom. The molecule has 2 aromatic rings. The van der Waals surface area contributed by atoms with Crippen molar-refractivity contribution < 1.29 is 9.90 Å². The van der Waals surface area contributed by atoms with Gasteiger partial charge in [0.15, 0.2) is 0 Å². The van der Waals surface area contributed by atoms with Crippen molar-refractivity contribution in [2.45, 2.75) is 19.4 Å². The van der Waals surface area contributed by atoms with Crippen LogP contribution in [0, 0.1) is 5.92 Å². The van der Waals surface area contributed by atoms with E-state index in [1.165, 1.54) is 11.1 Å². The molecule has 0 bridgehead atoms. The number of fused-ring (bicyclic) bond motifs is 2. The summed E-state index contributed by atoms with van der Waals surface area (Å²) in [6.45, 7) is 2.83. The first kappa shape index (κ1) is 17.6. The van der Waals surface area contributed by atoms with E-state index in [-0.39, 0.29) is 11.8 Å². The molecule has 1 aliphatic carbocycles. The van der Waals surface area contributed by atoms with E-state index in [9.17, 15) is 9.90 Å². The van der Waals surface area contributed by atoms with Crippen molar-refractivity contribution in [2.75, 3.05) is 13.1 Å². The van der Waals surface area contributed by atoms with E-state index < -0.39 is 6.10 Å². The lowest BCUT2D eigenvalue weighted by atomic mass is 9.85. The third-order valence-electron chi connectivity index (χ3n) is 5.26. The fraction of sp³-hybridized carbons (Fsp3) is 0.286. The van der Waals surface area contributed by atoms with Crippen LogP contribution in [0.3, 0.4) is 0 Å². The molecule has 0 saturated carbocycles. The Kier molecular flexibility index (Phi) is 4.55. The molecule has 0 saturated heterocycles. The molecule has 2 atom stereocenters. The third-order valence-corrected chi connectivity index (χ3v) is 5.73. The van der Waals surface area contributed by atoms with Gasteiger partial charge in [-0.3, -0.25) is 4.79 Å². The van der Waals surface area contributed by atoms with Gasteiger partial charge in [-0.2, -0.15) is 0 Å². The molecule has 0 radical (unpaired) electrons. The van der Waals surface area contributed by atoms with Gasteiger partial charge in [0, 0.05) is 34.6 Å². The molecule has 26 heavy (non-hydrogen) atoms. The number of hydrogen-bond acceptors (Lipinski definition) is 2. The molecule has 134 valence electrons. The summed E-state index contributed by atoms with van der Waals surface area (Å²) in [6, 6.07) is 12.9. The van der Waals surface area contributed by atoms with Crippen LogP contribution < -0.4 is 0 Å². The molecule has 2 aliphatic rings. The average Bonchev–Trinajstić information content (AvgIpc) is 2.97. The average molecular weight is 388 g/mol. The molecular formula is C21H19Cl2NO2. The van der Waals surface area contributed by atoms with Gasteiger partial charge in [0.05, 0.1) is 6.10 Å². The molecular weight excluding hydrogens is 369 g/mol. The molecule has 0 spiro atoms. The maximum absolute atomic E-state index is 13.0. The van der Waals surface area contributed by atoms with Crippen molar-refractivity contribution in [3.05, 3.63) is 74.8 Å². The van der Waals surface area contributed by atoms with Crippen molar-refractivity contribution in [2.24, 2.45) is 5.92 Å². The summed E-state index contributed by atoms with van der Waals surface area (Å²) in [5.41, 5.74) is 5.25. The Balaban J connectivity index is 1.70. The van der Waals surface area contributed by atoms with Crippen LogP contribution in [0.2, 0.25) is 10.0 Å². The number of amides is 1. The van der Waals surface area contributed by atoms with E-state index >= 15 is 0 Å². The molecule has 2 aromatic carbocycles. The van der Waals surface area contributed by atoms with E-state index in [0.717, 1.165) is 17.6 Å². The summed E-state index contributed by atoms with van der Waals surface area (Å²) in [5, 5.41) is 11.6. The summed E-state index contributed by atoms with van der Waals surface area (Å²) < 4.78 is 0. The summed E-state index contributed by atoms with van der Waals surface area (Å²) >= 11 is 12.2. The van der Waals surface area contributed by atoms with E-state index in [4.69, 9.17) is 23.2 Å². The zero-order valence-corrected chi connectivity index (χ0v) is 15.9. The molecule has 0 fully saturated rings. The van der Waals surface area contributed by atoms with Crippen LogP contribution in [0.4, 0.5) is 0 Å². The molecule has 1 aliphatic heterocycles. The monoisotopic (exact) mass is 387 g/mol.